The Morgan fingerprint density at radius 2 is 2.27 bits per heavy atom. The van der Waals surface area contributed by atoms with E-state index in [-0.39, 0.29) is 0 Å². The van der Waals surface area contributed by atoms with Crippen molar-refractivity contribution >= 4 is 5.82 Å². The molecule has 0 aliphatic carbocycles. The van der Waals surface area contributed by atoms with E-state index < -0.39 is 0 Å². The Kier molecular flexibility index (Phi) is 2.91. The molecule has 2 N–H and O–H groups in total. The van der Waals surface area contributed by atoms with E-state index in [0.717, 1.165) is 5.56 Å². The van der Waals surface area contributed by atoms with Crippen molar-refractivity contribution < 1.29 is 0 Å². The zero-order valence-electron chi connectivity index (χ0n) is 9.53. The fourth-order valence-corrected chi connectivity index (χ4v) is 2.29. The first kappa shape index (κ1) is 10.4. The topological polar surface area (TPSA) is 42.2 Å². The van der Waals surface area contributed by atoms with E-state index in [1.54, 1.807) is 0 Å². The molecule has 1 aromatic heterocycles. The lowest BCUT2D eigenvalue weighted by Crippen LogP contribution is -2.29. The SMILES string of the molecule is Cc1cc(C2CCCCN2C)cnc1N. The van der Waals surface area contributed by atoms with Crippen LogP contribution < -0.4 is 5.73 Å². The van der Waals surface area contributed by atoms with E-state index in [1.807, 2.05) is 13.1 Å². The third kappa shape index (κ3) is 2.12. The van der Waals surface area contributed by atoms with Crippen LogP contribution in [0.1, 0.15) is 36.4 Å². The highest BCUT2D eigenvalue weighted by atomic mass is 15.1. The average molecular weight is 205 g/mol. The number of nitrogens with zero attached hydrogens (tertiary/aromatic N) is 2. The molecule has 0 aromatic carbocycles. The van der Waals surface area contributed by atoms with Crippen molar-refractivity contribution in [3.8, 4) is 0 Å². The summed E-state index contributed by atoms with van der Waals surface area (Å²) < 4.78 is 0. The lowest BCUT2D eigenvalue weighted by atomic mass is 9.96. The zero-order chi connectivity index (χ0) is 10.8. The summed E-state index contributed by atoms with van der Waals surface area (Å²) in [4.78, 5) is 6.65. The number of anilines is 1. The van der Waals surface area contributed by atoms with Crippen LogP contribution in [0.2, 0.25) is 0 Å². The van der Waals surface area contributed by atoms with Crippen molar-refractivity contribution in [3.63, 3.8) is 0 Å². The lowest BCUT2D eigenvalue weighted by molar-refractivity contribution is 0.187. The summed E-state index contributed by atoms with van der Waals surface area (Å²) in [7, 11) is 2.19. The van der Waals surface area contributed by atoms with E-state index in [4.69, 9.17) is 5.73 Å². The maximum atomic E-state index is 5.73. The molecule has 0 radical (unpaired) electrons. The standard InChI is InChI=1S/C12H19N3/c1-9-7-10(8-14-12(9)13)11-5-3-4-6-15(11)2/h7-8,11H,3-6H2,1-2H3,(H2,13,14). The first-order valence-corrected chi connectivity index (χ1v) is 5.61. The molecule has 82 valence electrons. The van der Waals surface area contributed by atoms with Crippen LogP contribution >= 0.6 is 0 Å². The fraction of sp³-hybridized carbons (Fsp3) is 0.583. The minimum Gasteiger partial charge on any atom is -0.383 e. The molecule has 1 fully saturated rings. The molecule has 15 heavy (non-hydrogen) atoms. The largest absolute Gasteiger partial charge is 0.383 e. The van der Waals surface area contributed by atoms with Gasteiger partial charge >= 0.3 is 0 Å². The number of likely N-dealkylation sites (tertiary alicyclic amines) is 1. The van der Waals surface area contributed by atoms with Crippen LogP contribution in [0.5, 0.6) is 0 Å². The number of nitrogens with two attached hydrogens (primary N) is 1. The van der Waals surface area contributed by atoms with E-state index >= 15 is 0 Å². The predicted octanol–water partition coefficient (Wildman–Crippen LogP) is 2.13. The van der Waals surface area contributed by atoms with E-state index in [1.165, 1.54) is 31.4 Å². The van der Waals surface area contributed by atoms with Crippen molar-refractivity contribution in [2.45, 2.75) is 32.2 Å². The second-order valence-electron chi connectivity index (χ2n) is 4.46. The normalized spacial score (nSPS) is 22.9. The van der Waals surface area contributed by atoms with Crippen molar-refractivity contribution in [2.75, 3.05) is 19.3 Å². The Morgan fingerprint density at radius 3 is 2.93 bits per heavy atom. The van der Waals surface area contributed by atoms with Crippen molar-refractivity contribution in [1.29, 1.82) is 0 Å². The summed E-state index contributed by atoms with van der Waals surface area (Å²) in [5, 5.41) is 0. The molecule has 0 spiro atoms. The van der Waals surface area contributed by atoms with E-state index in [2.05, 4.69) is 23.0 Å². The number of aryl methyl sites for hydroxylation is 1. The van der Waals surface area contributed by atoms with Gasteiger partial charge in [0, 0.05) is 12.2 Å². The van der Waals surface area contributed by atoms with Gasteiger partial charge in [0.25, 0.3) is 0 Å². The zero-order valence-corrected chi connectivity index (χ0v) is 9.53. The molecule has 3 nitrogen and oxygen atoms in total. The van der Waals surface area contributed by atoms with Crippen LogP contribution in [-0.2, 0) is 0 Å². The number of hydrogen-bond donors (Lipinski definition) is 1. The maximum absolute atomic E-state index is 5.73. The number of nitrogen functional groups attached to an aromatic ring is 1. The number of hydrogen-bond acceptors (Lipinski definition) is 3. The maximum Gasteiger partial charge on any atom is 0.126 e. The minimum absolute atomic E-state index is 0.533. The average Bonchev–Trinajstić information content (AvgIpc) is 2.23. The Bertz CT molecular complexity index is 349. The molecule has 1 aliphatic rings. The molecule has 1 saturated heterocycles. The molecule has 1 aromatic rings. The molecule has 1 atom stereocenters. The van der Waals surface area contributed by atoms with Gasteiger partial charge in [0.1, 0.15) is 5.82 Å². The Balaban J connectivity index is 2.24. The summed E-state index contributed by atoms with van der Waals surface area (Å²) in [6.07, 6.45) is 5.79. The molecule has 0 saturated carbocycles. The fourth-order valence-electron chi connectivity index (χ4n) is 2.29. The third-order valence-corrected chi connectivity index (χ3v) is 3.30. The van der Waals surface area contributed by atoms with Crippen molar-refractivity contribution in [2.24, 2.45) is 0 Å². The lowest BCUT2D eigenvalue weighted by Gasteiger charge is -2.32. The first-order valence-electron chi connectivity index (χ1n) is 5.61. The van der Waals surface area contributed by atoms with Crippen LogP contribution in [0.15, 0.2) is 12.3 Å². The van der Waals surface area contributed by atoms with Crippen LogP contribution in [0.4, 0.5) is 5.82 Å². The van der Waals surface area contributed by atoms with Crippen LogP contribution in [-0.4, -0.2) is 23.5 Å². The van der Waals surface area contributed by atoms with Gasteiger partial charge in [-0.25, -0.2) is 4.98 Å². The predicted molar refractivity (Wildman–Crippen MR) is 62.6 cm³/mol. The molecule has 2 heterocycles. The molecule has 3 heteroatoms. The molecule has 0 bridgehead atoms. The molecule has 2 rings (SSSR count). The Morgan fingerprint density at radius 1 is 1.47 bits per heavy atom. The summed E-state index contributed by atoms with van der Waals surface area (Å²) in [5.74, 6) is 0.650. The van der Waals surface area contributed by atoms with Crippen LogP contribution in [0.3, 0.4) is 0 Å². The van der Waals surface area contributed by atoms with Crippen LogP contribution in [0.25, 0.3) is 0 Å². The Labute approximate surface area is 91.3 Å². The molecule has 1 aliphatic heterocycles. The number of rotatable bonds is 1. The van der Waals surface area contributed by atoms with Gasteiger partial charge < -0.3 is 5.73 Å². The van der Waals surface area contributed by atoms with Gasteiger partial charge in [0.2, 0.25) is 0 Å². The summed E-state index contributed by atoms with van der Waals surface area (Å²) in [5.41, 5.74) is 8.13. The molecule has 0 amide bonds. The van der Waals surface area contributed by atoms with Crippen LogP contribution in [0, 0.1) is 6.92 Å². The highest BCUT2D eigenvalue weighted by molar-refractivity contribution is 5.40. The number of aromatic nitrogens is 1. The van der Waals surface area contributed by atoms with Gasteiger partial charge in [-0.2, -0.15) is 0 Å². The second kappa shape index (κ2) is 4.19. The van der Waals surface area contributed by atoms with Gasteiger partial charge in [-0.3, -0.25) is 4.90 Å². The van der Waals surface area contributed by atoms with Crippen molar-refractivity contribution in [1.82, 2.24) is 9.88 Å². The molecule has 1 unspecified atom stereocenters. The first-order chi connectivity index (χ1) is 7.18. The highest BCUT2D eigenvalue weighted by Crippen LogP contribution is 2.29. The van der Waals surface area contributed by atoms with Gasteiger partial charge in [-0.15, -0.1) is 0 Å². The summed E-state index contributed by atoms with van der Waals surface area (Å²) >= 11 is 0. The Hall–Kier alpha value is -1.09. The molecular formula is C12H19N3. The summed E-state index contributed by atoms with van der Waals surface area (Å²) in [6, 6.07) is 2.71. The van der Waals surface area contributed by atoms with E-state index in [9.17, 15) is 0 Å². The van der Waals surface area contributed by atoms with Gasteiger partial charge in [-0.1, -0.05) is 6.42 Å². The number of pyridine rings is 1. The van der Waals surface area contributed by atoms with Gasteiger partial charge in [0.15, 0.2) is 0 Å². The van der Waals surface area contributed by atoms with E-state index in [0.29, 0.717) is 11.9 Å². The number of piperidine rings is 1. The highest BCUT2D eigenvalue weighted by Gasteiger charge is 2.20. The smallest absolute Gasteiger partial charge is 0.126 e. The molecular weight excluding hydrogens is 186 g/mol. The third-order valence-electron chi connectivity index (χ3n) is 3.30. The quantitative estimate of drug-likeness (QED) is 0.763. The monoisotopic (exact) mass is 205 g/mol. The summed E-state index contributed by atoms with van der Waals surface area (Å²) in [6.45, 7) is 3.21. The van der Waals surface area contributed by atoms with Crippen molar-refractivity contribution in [3.05, 3.63) is 23.4 Å². The second-order valence-corrected chi connectivity index (χ2v) is 4.46. The minimum atomic E-state index is 0.533. The van der Waals surface area contributed by atoms with Gasteiger partial charge in [0.05, 0.1) is 0 Å². The van der Waals surface area contributed by atoms with Gasteiger partial charge in [-0.05, 0) is 50.6 Å².